The van der Waals surface area contributed by atoms with E-state index in [9.17, 15) is 18.0 Å². The molecule has 1 aromatic carbocycles. The summed E-state index contributed by atoms with van der Waals surface area (Å²) in [6, 6.07) is 7.63. The molecule has 11 heteroatoms. The van der Waals surface area contributed by atoms with E-state index in [1.807, 2.05) is 16.8 Å². The number of hydrazine groups is 1. The number of thiazole rings is 1. The third-order valence-corrected chi connectivity index (χ3v) is 8.43. The highest BCUT2D eigenvalue weighted by molar-refractivity contribution is 7.89. The van der Waals surface area contributed by atoms with Crippen molar-refractivity contribution in [2.24, 2.45) is 0 Å². The number of amides is 2. The Hall–Kier alpha value is -2.60. The number of benzene rings is 1. The molecule has 2 N–H and O–H groups in total. The number of hydrogen-bond donors (Lipinski definition) is 2. The molecule has 0 spiro atoms. The molecule has 3 rings (SSSR count). The van der Waals surface area contributed by atoms with E-state index in [1.165, 1.54) is 39.9 Å². The first-order valence-corrected chi connectivity index (χ1v) is 12.7. The van der Waals surface area contributed by atoms with Crippen LogP contribution in [-0.4, -0.2) is 42.6 Å². The molecule has 0 bridgehead atoms. The second kappa shape index (κ2) is 9.69. The minimum Gasteiger partial charge on any atom is -0.267 e. The summed E-state index contributed by atoms with van der Waals surface area (Å²) in [5.41, 5.74) is 6.33. The summed E-state index contributed by atoms with van der Waals surface area (Å²) in [6.45, 7) is 5.88. The second-order valence-corrected chi connectivity index (χ2v) is 10.2. The van der Waals surface area contributed by atoms with Gasteiger partial charge in [-0.25, -0.2) is 13.4 Å². The summed E-state index contributed by atoms with van der Waals surface area (Å²) < 4.78 is 26.7. The highest BCUT2D eigenvalue weighted by Gasteiger charge is 2.23. The number of nitrogens with zero attached hydrogens (tertiary/aromatic N) is 2. The lowest BCUT2D eigenvalue weighted by Crippen LogP contribution is -2.41. The number of thiophene rings is 1. The molecule has 0 radical (unpaired) electrons. The lowest BCUT2D eigenvalue weighted by atomic mass is 10.2. The number of aromatic nitrogens is 1. The minimum absolute atomic E-state index is 0.0221. The molecular formula is C20H22N4O4S3. The minimum atomic E-state index is -3.70. The highest BCUT2D eigenvalue weighted by atomic mass is 32.2. The summed E-state index contributed by atoms with van der Waals surface area (Å²) in [4.78, 5) is 29.8. The Morgan fingerprint density at radius 2 is 1.81 bits per heavy atom. The fraction of sp³-hybridized carbons (Fsp3) is 0.250. The topological polar surface area (TPSA) is 108 Å². The van der Waals surface area contributed by atoms with Gasteiger partial charge in [0.25, 0.3) is 11.8 Å². The molecule has 0 aliphatic carbocycles. The van der Waals surface area contributed by atoms with E-state index >= 15 is 0 Å². The van der Waals surface area contributed by atoms with Crippen LogP contribution in [0.4, 0.5) is 0 Å². The highest BCUT2D eigenvalue weighted by Crippen LogP contribution is 2.29. The van der Waals surface area contributed by atoms with Crippen molar-refractivity contribution in [1.82, 2.24) is 20.1 Å². The van der Waals surface area contributed by atoms with E-state index in [1.54, 1.807) is 32.1 Å². The summed E-state index contributed by atoms with van der Waals surface area (Å²) >= 11 is 2.77. The van der Waals surface area contributed by atoms with E-state index in [4.69, 9.17) is 0 Å². The predicted molar refractivity (Wildman–Crippen MR) is 122 cm³/mol. The summed E-state index contributed by atoms with van der Waals surface area (Å²) in [5.74, 6) is -1.11. The molecule has 0 saturated carbocycles. The average molecular weight is 479 g/mol. The third kappa shape index (κ3) is 5.01. The van der Waals surface area contributed by atoms with Gasteiger partial charge in [-0.05, 0) is 36.6 Å². The van der Waals surface area contributed by atoms with Crippen molar-refractivity contribution in [3.63, 3.8) is 0 Å². The number of carbonyl (C=O) groups is 2. The van der Waals surface area contributed by atoms with E-state index in [0.29, 0.717) is 23.7 Å². The Morgan fingerprint density at radius 3 is 2.45 bits per heavy atom. The van der Waals surface area contributed by atoms with Gasteiger partial charge in [0.05, 0.1) is 10.6 Å². The lowest BCUT2D eigenvalue weighted by Gasteiger charge is -2.18. The Labute approximate surface area is 189 Å². The molecule has 2 aromatic heterocycles. The van der Waals surface area contributed by atoms with Gasteiger partial charge in [0.2, 0.25) is 10.0 Å². The lowest BCUT2D eigenvalue weighted by molar-refractivity contribution is 0.0848. The zero-order valence-electron chi connectivity index (χ0n) is 17.2. The van der Waals surface area contributed by atoms with Gasteiger partial charge in [0, 0.05) is 29.6 Å². The van der Waals surface area contributed by atoms with Crippen LogP contribution >= 0.6 is 22.7 Å². The predicted octanol–water partition coefficient (Wildman–Crippen LogP) is 3.29. The molecule has 0 unspecified atom stereocenters. The SMILES string of the molecule is CCN(CC)S(=O)(=O)c1cccc(C(=O)NNC(=O)c2sc(-c3ccsc3)nc2C)c1. The first-order valence-electron chi connectivity index (χ1n) is 9.48. The molecule has 31 heavy (non-hydrogen) atoms. The van der Waals surface area contributed by atoms with E-state index in [-0.39, 0.29) is 10.5 Å². The standard InChI is InChI=1S/C20H22N4O4S3/c1-4-24(5-2)31(27,28)16-8-6-7-14(11-16)18(25)22-23-19(26)17-13(3)21-20(30-17)15-9-10-29-12-15/h6-12H,4-5H2,1-3H3,(H,22,25)(H,23,26). The van der Waals surface area contributed by atoms with Crippen LogP contribution < -0.4 is 10.9 Å². The maximum atomic E-state index is 12.7. The van der Waals surface area contributed by atoms with Crippen LogP contribution in [0.25, 0.3) is 10.6 Å². The van der Waals surface area contributed by atoms with Crippen LogP contribution in [0.15, 0.2) is 46.0 Å². The van der Waals surface area contributed by atoms with Crippen molar-refractivity contribution in [2.45, 2.75) is 25.7 Å². The largest absolute Gasteiger partial charge is 0.281 e. The van der Waals surface area contributed by atoms with Crippen molar-refractivity contribution >= 4 is 44.5 Å². The van der Waals surface area contributed by atoms with Crippen LogP contribution in [0.2, 0.25) is 0 Å². The number of aryl methyl sites for hydroxylation is 1. The van der Waals surface area contributed by atoms with Crippen molar-refractivity contribution in [2.75, 3.05) is 13.1 Å². The molecule has 3 aromatic rings. The van der Waals surface area contributed by atoms with Crippen LogP contribution in [0.1, 0.15) is 39.6 Å². The third-order valence-electron chi connectivity index (χ3n) is 4.50. The maximum absolute atomic E-state index is 12.7. The second-order valence-electron chi connectivity index (χ2n) is 6.47. The van der Waals surface area contributed by atoms with E-state index < -0.39 is 21.8 Å². The number of carbonyl (C=O) groups excluding carboxylic acids is 2. The zero-order valence-corrected chi connectivity index (χ0v) is 19.7. The Kier molecular flexibility index (Phi) is 7.21. The quantitative estimate of drug-likeness (QED) is 0.507. The van der Waals surface area contributed by atoms with Crippen LogP contribution in [-0.2, 0) is 10.0 Å². The van der Waals surface area contributed by atoms with Gasteiger partial charge in [0.15, 0.2) is 0 Å². The maximum Gasteiger partial charge on any atom is 0.281 e. The summed E-state index contributed by atoms with van der Waals surface area (Å²) in [7, 11) is -3.70. The van der Waals surface area contributed by atoms with Gasteiger partial charge >= 0.3 is 0 Å². The van der Waals surface area contributed by atoms with Gasteiger partial charge in [-0.3, -0.25) is 20.4 Å². The van der Waals surface area contributed by atoms with Gasteiger partial charge in [-0.15, -0.1) is 11.3 Å². The van der Waals surface area contributed by atoms with Crippen LogP contribution in [0.5, 0.6) is 0 Å². The fourth-order valence-corrected chi connectivity index (χ4v) is 6.05. The van der Waals surface area contributed by atoms with Gasteiger partial charge < -0.3 is 0 Å². The smallest absolute Gasteiger partial charge is 0.267 e. The molecule has 0 fully saturated rings. The molecule has 164 valence electrons. The Balaban J connectivity index is 1.71. The first kappa shape index (κ1) is 23.1. The van der Waals surface area contributed by atoms with Crippen LogP contribution in [0.3, 0.4) is 0 Å². The summed E-state index contributed by atoms with van der Waals surface area (Å²) in [5, 5.41) is 4.60. The number of rotatable bonds is 7. The fourth-order valence-electron chi connectivity index (χ4n) is 2.87. The van der Waals surface area contributed by atoms with Crippen LogP contribution in [0, 0.1) is 6.92 Å². The molecule has 8 nitrogen and oxygen atoms in total. The molecule has 0 aliphatic rings. The van der Waals surface area contributed by atoms with Gasteiger partial charge in [-0.1, -0.05) is 19.9 Å². The van der Waals surface area contributed by atoms with Crippen molar-refractivity contribution in [3.8, 4) is 10.6 Å². The van der Waals surface area contributed by atoms with Crippen molar-refractivity contribution in [3.05, 3.63) is 57.2 Å². The monoisotopic (exact) mass is 478 g/mol. The number of sulfonamides is 1. The van der Waals surface area contributed by atoms with Crippen molar-refractivity contribution in [1.29, 1.82) is 0 Å². The number of hydrogen-bond acceptors (Lipinski definition) is 7. The molecule has 0 aliphatic heterocycles. The van der Waals surface area contributed by atoms with Crippen molar-refractivity contribution < 1.29 is 18.0 Å². The molecule has 2 heterocycles. The molecular weight excluding hydrogens is 456 g/mol. The Morgan fingerprint density at radius 1 is 1.10 bits per heavy atom. The normalized spacial score (nSPS) is 11.5. The van der Waals surface area contributed by atoms with E-state index in [0.717, 1.165) is 10.6 Å². The zero-order chi connectivity index (χ0) is 22.6. The van der Waals surface area contributed by atoms with Gasteiger partial charge in [0.1, 0.15) is 9.88 Å². The molecule has 0 atom stereocenters. The first-order chi connectivity index (χ1) is 14.8. The number of nitrogens with one attached hydrogen (secondary N) is 2. The summed E-state index contributed by atoms with van der Waals surface area (Å²) in [6.07, 6.45) is 0. The van der Waals surface area contributed by atoms with Gasteiger partial charge in [-0.2, -0.15) is 15.6 Å². The average Bonchev–Trinajstić information content (AvgIpc) is 3.42. The Bertz CT molecular complexity index is 1180. The molecule has 0 saturated heterocycles. The molecule has 2 amide bonds. The van der Waals surface area contributed by atoms with E-state index in [2.05, 4.69) is 15.8 Å².